The van der Waals surface area contributed by atoms with Gasteiger partial charge in [0.25, 0.3) is 11.8 Å². The van der Waals surface area contributed by atoms with Crippen LogP contribution in [0.4, 0.5) is 0 Å². The fraction of sp³-hybridized carbons (Fsp3) is 0.0400. The van der Waals surface area contributed by atoms with E-state index in [4.69, 9.17) is 5.11 Å². The van der Waals surface area contributed by atoms with Gasteiger partial charge >= 0.3 is 33.0 Å². The minimum absolute atomic E-state index is 0.331. The Balaban J connectivity index is 0.000000211. The van der Waals surface area contributed by atoms with E-state index in [1.165, 1.54) is 0 Å². The molecule has 34 heavy (non-hydrogen) atoms. The first-order chi connectivity index (χ1) is 16.5. The van der Waals surface area contributed by atoms with E-state index in [0.29, 0.717) is 38.5 Å². The van der Waals surface area contributed by atoms with Gasteiger partial charge in [0.15, 0.2) is 0 Å². The number of fused-ring (bicyclic) bond motifs is 8. The van der Waals surface area contributed by atoms with Gasteiger partial charge in [-0.1, -0.05) is 42.5 Å². The number of nitrogens with one attached hydrogen (secondary N) is 1. The third-order valence-corrected chi connectivity index (χ3v) is 5.36. The molecule has 3 aromatic carbocycles. The molecule has 0 unspecified atom stereocenters. The van der Waals surface area contributed by atoms with Crippen molar-refractivity contribution in [2.45, 2.75) is 6.92 Å². The van der Waals surface area contributed by atoms with Gasteiger partial charge in [0.2, 0.25) is 0 Å². The van der Waals surface area contributed by atoms with E-state index in [1.54, 1.807) is 36.5 Å². The summed E-state index contributed by atoms with van der Waals surface area (Å²) < 4.78 is 0. The van der Waals surface area contributed by atoms with Gasteiger partial charge in [-0.2, -0.15) is 0 Å². The van der Waals surface area contributed by atoms with Crippen LogP contribution < -0.4 is 10.3 Å². The van der Waals surface area contributed by atoms with Crippen LogP contribution in [0.1, 0.15) is 36.6 Å². The van der Waals surface area contributed by atoms with Crippen LogP contribution in [0.2, 0.25) is 0 Å². The van der Waals surface area contributed by atoms with Gasteiger partial charge in [-0.05, 0) is 41.5 Å². The number of rotatable bonds is 1. The number of pyridine rings is 1. The summed E-state index contributed by atoms with van der Waals surface area (Å²) in [5, 5.41) is 13.1. The Morgan fingerprint density at radius 1 is 0.971 bits per heavy atom. The molecular formula is C25H16ClN3O4Ru-. The van der Waals surface area contributed by atoms with E-state index in [9.17, 15) is 14.4 Å². The fourth-order valence-corrected chi connectivity index (χ4v) is 3.99. The second-order valence-corrected chi connectivity index (χ2v) is 7.47. The summed E-state index contributed by atoms with van der Waals surface area (Å²) in [6, 6.07) is 17.8. The van der Waals surface area contributed by atoms with E-state index >= 15 is 0 Å². The molecule has 2 N–H and O–H groups in total. The van der Waals surface area contributed by atoms with Crippen molar-refractivity contribution in [1.82, 2.24) is 15.3 Å². The van der Waals surface area contributed by atoms with Crippen LogP contribution in [-0.4, -0.2) is 27.9 Å². The molecule has 0 atom stereocenters. The van der Waals surface area contributed by atoms with Crippen molar-refractivity contribution in [2.75, 3.05) is 0 Å². The number of imide groups is 1. The zero-order chi connectivity index (χ0) is 24.4. The molecule has 0 saturated heterocycles. The summed E-state index contributed by atoms with van der Waals surface area (Å²) in [6.07, 6.45) is 1.75. The van der Waals surface area contributed by atoms with Crippen molar-refractivity contribution >= 4 is 60.2 Å². The van der Waals surface area contributed by atoms with Crippen molar-refractivity contribution in [3.63, 3.8) is 0 Å². The topological polar surface area (TPSA) is 110 Å². The number of aryl methyl sites for hydroxylation is 1. The van der Waals surface area contributed by atoms with Crippen molar-refractivity contribution in [3.8, 4) is 0 Å². The summed E-state index contributed by atoms with van der Waals surface area (Å²) in [4.78, 5) is 44.0. The molecule has 0 fully saturated rings. The number of amides is 2. The van der Waals surface area contributed by atoms with Crippen molar-refractivity contribution in [3.05, 3.63) is 89.1 Å². The number of carbonyl (C=O) groups is 3. The number of benzene rings is 3. The Morgan fingerprint density at radius 2 is 1.62 bits per heavy atom. The van der Waals surface area contributed by atoms with E-state index in [0.717, 1.165) is 16.5 Å². The van der Waals surface area contributed by atoms with Crippen LogP contribution >= 0.6 is 9.69 Å². The molecule has 2 amide bonds. The molecule has 5 aromatic rings. The third kappa shape index (κ3) is 4.07. The fourth-order valence-electron chi connectivity index (χ4n) is 3.99. The number of halogens is 1. The first-order valence-electron chi connectivity index (χ1n) is 10.0. The standard InChI is InChI=1S/C18H11N3O2.C7H6O2.ClH.Ru/c1-8-6-10-13-14(18(23)21-17(13)22)12-9-4-2-3-5-11(9)20-16(12)15(10)19-7-8;8-7(9)6-4-2-1-3-5-6;;/h2-7H,1H3,(H2,19,20,21,22,23);1-5H,(H,8,9);1H;/q;;;+1/p-2. The first kappa shape index (κ1) is 23.5. The Bertz CT molecular complexity index is 1580. The zero-order valence-electron chi connectivity index (χ0n) is 17.6. The Morgan fingerprint density at radius 3 is 2.29 bits per heavy atom. The monoisotopic (exact) mass is 559 g/mol. The van der Waals surface area contributed by atoms with Crippen LogP contribution in [0.3, 0.4) is 0 Å². The number of carbonyl (C=O) groups excluding carboxylic acids is 2. The maximum absolute atomic E-state index is 12.4. The molecule has 0 aliphatic carbocycles. The predicted molar refractivity (Wildman–Crippen MR) is 126 cm³/mol. The Kier molecular flexibility index (Phi) is 6.73. The van der Waals surface area contributed by atoms with E-state index < -0.39 is 5.97 Å². The van der Waals surface area contributed by atoms with E-state index in [2.05, 4.69) is 25.0 Å². The molecule has 6 rings (SSSR count). The SMILES string of the molecule is Cc1cnc2c(c1)c1c(c3c4ccccc4[n-]c23)C(=O)NC1=O.O=C(O)c1ccccc1.[Cl][Ru]. The molecule has 0 bridgehead atoms. The van der Waals surface area contributed by atoms with Gasteiger partial charge in [-0.25, -0.2) is 4.79 Å². The number of aromatic nitrogens is 2. The van der Waals surface area contributed by atoms with Gasteiger partial charge in [0.05, 0.1) is 22.2 Å². The normalized spacial score (nSPS) is 12.0. The van der Waals surface area contributed by atoms with Crippen LogP contribution in [0.15, 0.2) is 66.9 Å². The molecule has 1 aliphatic rings. The van der Waals surface area contributed by atoms with E-state index in [1.807, 2.05) is 54.6 Å². The van der Waals surface area contributed by atoms with Crippen molar-refractivity contribution in [2.24, 2.45) is 0 Å². The maximum atomic E-state index is 12.4. The molecule has 0 saturated carbocycles. The Labute approximate surface area is 207 Å². The molecule has 3 heterocycles. The molecular weight excluding hydrogens is 543 g/mol. The van der Waals surface area contributed by atoms with Crippen LogP contribution in [0.5, 0.6) is 0 Å². The summed E-state index contributed by atoms with van der Waals surface area (Å²) >= 11 is 1.82. The molecule has 9 heteroatoms. The van der Waals surface area contributed by atoms with Crippen molar-refractivity contribution in [1.29, 1.82) is 0 Å². The molecule has 0 radical (unpaired) electrons. The molecule has 0 spiro atoms. The van der Waals surface area contributed by atoms with Gasteiger partial charge in [-0.15, -0.1) is 11.0 Å². The van der Waals surface area contributed by atoms with Crippen LogP contribution in [-0.2, 0) is 17.3 Å². The predicted octanol–water partition coefficient (Wildman–Crippen LogP) is 4.76. The van der Waals surface area contributed by atoms with Gasteiger partial charge in [0, 0.05) is 11.6 Å². The average molecular weight is 559 g/mol. The Hall–Kier alpha value is -3.61. The average Bonchev–Trinajstić information content (AvgIpc) is 3.38. The van der Waals surface area contributed by atoms with Gasteiger partial charge < -0.3 is 10.1 Å². The molecule has 2 aromatic heterocycles. The summed E-state index contributed by atoms with van der Waals surface area (Å²) in [7, 11) is 4.57. The summed E-state index contributed by atoms with van der Waals surface area (Å²) in [6.45, 7) is 1.91. The quantitative estimate of drug-likeness (QED) is 0.227. The first-order valence-corrected chi connectivity index (χ1v) is 12.2. The van der Waals surface area contributed by atoms with E-state index in [-0.39, 0.29) is 11.8 Å². The minimum atomic E-state index is -0.879. The third-order valence-electron chi connectivity index (χ3n) is 5.36. The second-order valence-electron chi connectivity index (χ2n) is 7.47. The zero-order valence-corrected chi connectivity index (χ0v) is 20.1. The van der Waals surface area contributed by atoms with Crippen LogP contribution in [0.25, 0.3) is 32.7 Å². The van der Waals surface area contributed by atoms with Gasteiger partial charge in [0.1, 0.15) is 0 Å². The number of nitrogens with zero attached hydrogens (tertiary/aromatic N) is 2. The van der Waals surface area contributed by atoms with Crippen molar-refractivity contribution < 1.29 is 36.8 Å². The molecule has 7 nitrogen and oxygen atoms in total. The number of para-hydroxylation sites is 1. The summed E-state index contributed by atoms with van der Waals surface area (Å²) in [5.41, 5.74) is 4.21. The number of hydrogen-bond acceptors (Lipinski definition) is 4. The van der Waals surface area contributed by atoms with Gasteiger partial charge in [-0.3, -0.25) is 19.9 Å². The molecule has 1 aliphatic heterocycles. The van der Waals surface area contributed by atoms with Crippen LogP contribution in [0, 0.1) is 6.92 Å². The number of hydrogen-bond donors (Lipinski definition) is 2. The number of aromatic carboxylic acids is 1. The summed E-state index contributed by atoms with van der Waals surface area (Å²) in [5.74, 6) is -1.61. The number of carboxylic acids is 1. The number of carboxylic acid groups (broad SMARTS) is 1. The second kappa shape index (κ2) is 9.71. The molecule has 171 valence electrons.